The second-order valence-electron chi connectivity index (χ2n) is 6.48. The molecule has 0 fully saturated rings. The summed E-state index contributed by atoms with van der Waals surface area (Å²) < 4.78 is 14.8. The number of rotatable bonds is 6. The Morgan fingerprint density at radius 1 is 1.21 bits per heavy atom. The Kier molecular flexibility index (Phi) is 5.53. The topological polar surface area (TPSA) is 38.0 Å². The van der Waals surface area contributed by atoms with Gasteiger partial charge in [-0.05, 0) is 35.7 Å². The van der Waals surface area contributed by atoms with Gasteiger partial charge >= 0.3 is 0 Å². The Morgan fingerprint density at radius 2 is 1.84 bits per heavy atom. The largest absolute Gasteiger partial charge is 0.330 e. The Labute approximate surface area is 124 Å². The monoisotopic (exact) mass is 330 g/mol. The lowest BCUT2D eigenvalue weighted by molar-refractivity contribution is 0.330. The summed E-state index contributed by atoms with van der Waals surface area (Å²) in [6, 6.07) is 5.08. The zero-order valence-corrected chi connectivity index (χ0v) is 13.8. The van der Waals surface area contributed by atoms with E-state index in [9.17, 15) is 4.39 Å². The maximum absolute atomic E-state index is 13.9. The van der Waals surface area contributed by atoms with Crippen LogP contribution in [-0.4, -0.2) is 19.6 Å². The van der Waals surface area contributed by atoms with E-state index in [1.54, 1.807) is 6.07 Å². The van der Waals surface area contributed by atoms with Crippen molar-refractivity contribution in [1.29, 1.82) is 0 Å². The number of nitrogens with one attached hydrogen (secondary N) is 1. The van der Waals surface area contributed by atoms with Gasteiger partial charge < -0.3 is 11.1 Å². The smallest absolute Gasteiger partial charge is 0.127 e. The second kappa shape index (κ2) is 6.33. The molecule has 19 heavy (non-hydrogen) atoms. The zero-order chi connectivity index (χ0) is 14.7. The predicted molar refractivity (Wildman–Crippen MR) is 82.8 cm³/mol. The van der Waals surface area contributed by atoms with Gasteiger partial charge in [-0.25, -0.2) is 4.39 Å². The third kappa shape index (κ3) is 4.86. The summed E-state index contributed by atoms with van der Waals surface area (Å²) in [5.41, 5.74) is 6.22. The summed E-state index contributed by atoms with van der Waals surface area (Å²) in [4.78, 5) is 0. The van der Waals surface area contributed by atoms with E-state index in [1.807, 2.05) is 19.9 Å². The number of halogens is 2. The highest BCUT2D eigenvalue weighted by molar-refractivity contribution is 9.10. The van der Waals surface area contributed by atoms with E-state index in [0.717, 1.165) is 16.6 Å². The van der Waals surface area contributed by atoms with Crippen LogP contribution in [0.4, 0.5) is 4.39 Å². The number of benzene rings is 1. The van der Waals surface area contributed by atoms with Crippen LogP contribution in [0.3, 0.4) is 0 Å². The van der Waals surface area contributed by atoms with Gasteiger partial charge in [0.05, 0.1) is 0 Å². The van der Waals surface area contributed by atoms with E-state index < -0.39 is 0 Å². The Bertz CT molecular complexity index is 430. The Balaban J connectivity index is 2.73. The molecule has 0 unspecified atom stereocenters. The molecule has 0 aliphatic heterocycles. The molecule has 1 aromatic rings. The molecular formula is C15H24BrFN2. The first-order chi connectivity index (χ1) is 8.68. The van der Waals surface area contributed by atoms with Crippen molar-refractivity contribution in [3.63, 3.8) is 0 Å². The predicted octanol–water partition coefficient (Wildman–Crippen LogP) is 3.44. The quantitative estimate of drug-likeness (QED) is 0.838. The molecule has 2 nitrogen and oxygen atoms in total. The van der Waals surface area contributed by atoms with Crippen molar-refractivity contribution in [3.8, 4) is 0 Å². The molecular weight excluding hydrogens is 307 g/mol. The third-order valence-electron chi connectivity index (χ3n) is 3.38. The van der Waals surface area contributed by atoms with Crippen molar-refractivity contribution in [2.45, 2.75) is 33.1 Å². The molecule has 0 aromatic heterocycles. The molecule has 108 valence electrons. The number of hydrogen-bond acceptors (Lipinski definition) is 2. The summed E-state index contributed by atoms with van der Waals surface area (Å²) in [6.07, 6.45) is 0. The summed E-state index contributed by atoms with van der Waals surface area (Å²) in [6.45, 7) is 10.5. The highest BCUT2D eigenvalue weighted by Gasteiger charge is 2.25. The molecule has 0 heterocycles. The molecule has 3 N–H and O–H groups in total. The van der Waals surface area contributed by atoms with Crippen LogP contribution in [0.1, 0.15) is 33.3 Å². The van der Waals surface area contributed by atoms with Crippen LogP contribution in [0.15, 0.2) is 22.7 Å². The van der Waals surface area contributed by atoms with Gasteiger partial charge in [0.25, 0.3) is 0 Å². The standard InChI is InChI=1S/C15H24BrFN2/c1-14(2,8-18)9-19-10-15(3,4)12-7-11(16)5-6-13(12)17/h5-7,19H,8-10,18H2,1-4H3. The lowest BCUT2D eigenvalue weighted by atomic mass is 9.83. The van der Waals surface area contributed by atoms with Gasteiger partial charge in [0.2, 0.25) is 0 Å². The first kappa shape index (κ1) is 16.6. The summed E-state index contributed by atoms with van der Waals surface area (Å²) in [5, 5.41) is 3.40. The fourth-order valence-electron chi connectivity index (χ4n) is 1.90. The van der Waals surface area contributed by atoms with E-state index >= 15 is 0 Å². The van der Waals surface area contributed by atoms with E-state index in [2.05, 4.69) is 35.1 Å². The van der Waals surface area contributed by atoms with Gasteiger partial charge in [0, 0.05) is 23.0 Å². The minimum atomic E-state index is -0.265. The van der Waals surface area contributed by atoms with Crippen LogP contribution in [0.5, 0.6) is 0 Å². The number of hydrogen-bond donors (Lipinski definition) is 2. The lowest BCUT2D eigenvalue weighted by Gasteiger charge is -2.29. The minimum absolute atomic E-state index is 0.0614. The summed E-state index contributed by atoms with van der Waals surface area (Å²) in [7, 11) is 0. The van der Waals surface area contributed by atoms with Crippen molar-refractivity contribution in [3.05, 3.63) is 34.1 Å². The zero-order valence-electron chi connectivity index (χ0n) is 12.2. The second-order valence-corrected chi connectivity index (χ2v) is 7.40. The maximum atomic E-state index is 13.9. The Hall–Kier alpha value is -0.450. The molecule has 0 radical (unpaired) electrons. The SMILES string of the molecule is CC(C)(CN)CNCC(C)(C)c1cc(Br)ccc1F. The molecule has 0 amide bonds. The average molecular weight is 331 g/mol. The molecule has 0 aliphatic rings. The van der Waals surface area contributed by atoms with Crippen LogP contribution in [-0.2, 0) is 5.41 Å². The molecule has 1 aromatic carbocycles. The molecule has 0 bridgehead atoms. The normalized spacial score (nSPS) is 12.8. The minimum Gasteiger partial charge on any atom is -0.330 e. The lowest BCUT2D eigenvalue weighted by Crippen LogP contribution is -2.41. The van der Waals surface area contributed by atoms with E-state index in [-0.39, 0.29) is 16.6 Å². The number of nitrogens with two attached hydrogens (primary N) is 1. The summed E-state index contributed by atoms with van der Waals surface area (Å²) >= 11 is 3.40. The van der Waals surface area contributed by atoms with Gasteiger partial charge in [-0.3, -0.25) is 0 Å². The fraction of sp³-hybridized carbons (Fsp3) is 0.600. The van der Waals surface area contributed by atoms with Crippen molar-refractivity contribution < 1.29 is 4.39 Å². The van der Waals surface area contributed by atoms with Crippen LogP contribution in [0.2, 0.25) is 0 Å². The third-order valence-corrected chi connectivity index (χ3v) is 3.87. The van der Waals surface area contributed by atoms with Crippen molar-refractivity contribution in [2.75, 3.05) is 19.6 Å². The van der Waals surface area contributed by atoms with Crippen molar-refractivity contribution in [1.82, 2.24) is 5.32 Å². The molecule has 4 heteroatoms. The van der Waals surface area contributed by atoms with E-state index in [4.69, 9.17) is 5.73 Å². The van der Waals surface area contributed by atoms with E-state index in [1.165, 1.54) is 6.07 Å². The Morgan fingerprint density at radius 3 is 2.42 bits per heavy atom. The molecule has 0 atom stereocenters. The van der Waals surface area contributed by atoms with Gasteiger partial charge in [-0.15, -0.1) is 0 Å². The van der Waals surface area contributed by atoms with Crippen LogP contribution in [0.25, 0.3) is 0 Å². The van der Waals surface area contributed by atoms with Crippen LogP contribution in [0, 0.1) is 11.2 Å². The molecule has 0 aliphatic carbocycles. The first-order valence-electron chi connectivity index (χ1n) is 6.54. The van der Waals surface area contributed by atoms with Crippen molar-refractivity contribution in [2.24, 2.45) is 11.1 Å². The average Bonchev–Trinajstić information content (AvgIpc) is 2.31. The van der Waals surface area contributed by atoms with Gasteiger partial charge in [0.15, 0.2) is 0 Å². The van der Waals surface area contributed by atoms with Gasteiger partial charge in [0.1, 0.15) is 5.82 Å². The van der Waals surface area contributed by atoms with Crippen LogP contribution < -0.4 is 11.1 Å². The van der Waals surface area contributed by atoms with Gasteiger partial charge in [-0.1, -0.05) is 43.6 Å². The van der Waals surface area contributed by atoms with Crippen LogP contribution >= 0.6 is 15.9 Å². The first-order valence-corrected chi connectivity index (χ1v) is 7.34. The van der Waals surface area contributed by atoms with Gasteiger partial charge in [-0.2, -0.15) is 0 Å². The molecule has 0 saturated carbocycles. The fourth-order valence-corrected chi connectivity index (χ4v) is 2.26. The highest BCUT2D eigenvalue weighted by atomic mass is 79.9. The summed E-state index contributed by atoms with van der Waals surface area (Å²) in [5.74, 6) is -0.159. The van der Waals surface area contributed by atoms with E-state index in [0.29, 0.717) is 13.1 Å². The molecule has 0 spiro atoms. The maximum Gasteiger partial charge on any atom is 0.127 e. The highest BCUT2D eigenvalue weighted by Crippen LogP contribution is 2.28. The van der Waals surface area contributed by atoms with Crippen molar-refractivity contribution >= 4 is 15.9 Å². The molecule has 1 rings (SSSR count). The molecule has 0 saturated heterocycles.